The quantitative estimate of drug-likeness (QED) is 0.231. The van der Waals surface area contributed by atoms with E-state index in [1.54, 1.807) is 29.2 Å². The van der Waals surface area contributed by atoms with Gasteiger partial charge in [0.1, 0.15) is 6.54 Å². The van der Waals surface area contributed by atoms with Gasteiger partial charge in [0.15, 0.2) is 0 Å². The summed E-state index contributed by atoms with van der Waals surface area (Å²) in [6.45, 7) is 1.72. The molecule has 5 rings (SSSR count). The Bertz CT molecular complexity index is 1470. The van der Waals surface area contributed by atoms with Crippen molar-refractivity contribution < 1.29 is 27.7 Å². The molecule has 1 fully saturated rings. The van der Waals surface area contributed by atoms with E-state index in [2.05, 4.69) is 0 Å². The van der Waals surface area contributed by atoms with E-state index in [1.807, 2.05) is 17.0 Å². The maximum Gasteiger partial charge on any atom is 0.416 e. The normalized spacial score (nSPS) is 16.7. The average Bonchev–Trinajstić information content (AvgIpc) is 2.95. The SMILES string of the molecule is O=C(CN1C(=O)C(=Cc2ccc(C(F)(F)F)cc2)Sc2ccccc21)N1CCN(c2ccc([N+](=O)[O-])cc2)CC1. The van der Waals surface area contributed by atoms with Crippen LogP contribution in [0.15, 0.2) is 82.6 Å². The van der Waals surface area contributed by atoms with Crippen LogP contribution in [0.5, 0.6) is 0 Å². The number of non-ortho nitro benzene ring substituents is 1. The first-order valence-corrected chi connectivity index (χ1v) is 13.2. The molecule has 0 aromatic heterocycles. The van der Waals surface area contributed by atoms with Crippen molar-refractivity contribution in [1.29, 1.82) is 0 Å². The molecule has 1 saturated heterocycles. The summed E-state index contributed by atoms with van der Waals surface area (Å²) in [5.41, 5.74) is 1.10. The predicted molar refractivity (Wildman–Crippen MR) is 146 cm³/mol. The second-order valence-corrected chi connectivity index (χ2v) is 10.3. The number of para-hydroxylation sites is 1. The molecular weight excluding hydrogens is 545 g/mol. The summed E-state index contributed by atoms with van der Waals surface area (Å²) in [4.78, 5) is 43.4. The number of halogens is 3. The second-order valence-electron chi connectivity index (χ2n) is 9.23. The number of nitrogens with zero attached hydrogens (tertiary/aromatic N) is 4. The number of benzene rings is 3. The topological polar surface area (TPSA) is 87.0 Å². The van der Waals surface area contributed by atoms with E-state index in [9.17, 15) is 32.9 Å². The Morgan fingerprint density at radius 1 is 0.950 bits per heavy atom. The Kier molecular flexibility index (Phi) is 7.53. The molecule has 2 heterocycles. The Balaban J connectivity index is 1.29. The van der Waals surface area contributed by atoms with Crippen molar-refractivity contribution in [2.24, 2.45) is 0 Å². The zero-order chi connectivity index (χ0) is 28.4. The Labute approximate surface area is 231 Å². The highest BCUT2D eigenvalue weighted by Crippen LogP contribution is 2.42. The average molecular weight is 569 g/mol. The van der Waals surface area contributed by atoms with Gasteiger partial charge in [0.05, 0.1) is 21.1 Å². The van der Waals surface area contributed by atoms with Gasteiger partial charge in [0.25, 0.3) is 11.6 Å². The molecule has 40 heavy (non-hydrogen) atoms. The molecular formula is C28H23F3N4O4S. The third kappa shape index (κ3) is 5.81. The zero-order valence-electron chi connectivity index (χ0n) is 21.0. The number of fused-ring (bicyclic) bond motifs is 1. The summed E-state index contributed by atoms with van der Waals surface area (Å²) in [7, 11) is 0. The number of carbonyl (C=O) groups is 2. The first kappa shape index (κ1) is 27.3. The zero-order valence-corrected chi connectivity index (χ0v) is 21.8. The van der Waals surface area contributed by atoms with E-state index < -0.39 is 22.6 Å². The van der Waals surface area contributed by atoms with Gasteiger partial charge in [-0.25, -0.2) is 0 Å². The fourth-order valence-corrected chi connectivity index (χ4v) is 5.63. The Morgan fingerprint density at radius 3 is 2.23 bits per heavy atom. The number of amides is 2. The number of piperazine rings is 1. The Morgan fingerprint density at radius 2 is 1.60 bits per heavy atom. The number of rotatable bonds is 5. The van der Waals surface area contributed by atoms with Crippen LogP contribution in [0.3, 0.4) is 0 Å². The summed E-state index contributed by atoms with van der Waals surface area (Å²) < 4.78 is 38.8. The standard InChI is InChI=1S/C28H23F3N4O4S/c29-28(30,31)20-7-5-19(6-8-20)17-25-27(37)34(23-3-1-2-4-24(23)40-25)18-26(36)33-15-13-32(14-16-33)21-9-11-22(12-10-21)35(38)39/h1-12,17H,13-16,18H2. The van der Waals surface area contributed by atoms with Crippen molar-refractivity contribution in [3.63, 3.8) is 0 Å². The lowest BCUT2D eigenvalue weighted by atomic mass is 10.1. The molecule has 0 radical (unpaired) electrons. The van der Waals surface area contributed by atoms with Gasteiger partial charge in [0, 0.05) is 48.9 Å². The van der Waals surface area contributed by atoms with Crippen molar-refractivity contribution >= 4 is 46.7 Å². The van der Waals surface area contributed by atoms with Gasteiger partial charge in [-0.15, -0.1) is 0 Å². The molecule has 0 N–H and O–H groups in total. The number of carbonyl (C=O) groups excluding carboxylic acids is 2. The molecule has 0 spiro atoms. The predicted octanol–water partition coefficient (Wildman–Crippen LogP) is 5.44. The molecule has 0 atom stereocenters. The molecule has 2 aliphatic heterocycles. The van der Waals surface area contributed by atoms with Gasteiger partial charge in [-0.2, -0.15) is 13.2 Å². The lowest BCUT2D eigenvalue weighted by Gasteiger charge is -2.37. The fourth-order valence-electron chi connectivity index (χ4n) is 4.57. The van der Waals surface area contributed by atoms with E-state index in [4.69, 9.17) is 0 Å². The highest BCUT2D eigenvalue weighted by atomic mass is 32.2. The monoisotopic (exact) mass is 568 g/mol. The van der Waals surface area contributed by atoms with E-state index in [1.165, 1.54) is 47.0 Å². The van der Waals surface area contributed by atoms with Crippen molar-refractivity contribution in [2.75, 3.05) is 42.5 Å². The summed E-state index contributed by atoms with van der Waals surface area (Å²) in [6, 6.07) is 18.0. The van der Waals surface area contributed by atoms with Gasteiger partial charge >= 0.3 is 6.18 Å². The molecule has 8 nitrogen and oxygen atoms in total. The third-order valence-corrected chi connectivity index (χ3v) is 7.80. The van der Waals surface area contributed by atoms with Crippen LogP contribution < -0.4 is 9.80 Å². The number of alkyl halides is 3. The number of anilines is 2. The number of thioether (sulfide) groups is 1. The van der Waals surface area contributed by atoms with E-state index in [0.29, 0.717) is 42.3 Å². The van der Waals surface area contributed by atoms with Gasteiger partial charge in [-0.1, -0.05) is 36.0 Å². The van der Waals surface area contributed by atoms with E-state index in [-0.39, 0.29) is 18.1 Å². The smallest absolute Gasteiger partial charge is 0.368 e. The lowest BCUT2D eigenvalue weighted by molar-refractivity contribution is -0.384. The number of hydrogen-bond acceptors (Lipinski definition) is 6. The maximum atomic E-state index is 13.5. The molecule has 2 amide bonds. The largest absolute Gasteiger partial charge is 0.416 e. The third-order valence-electron chi connectivity index (χ3n) is 6.72. The summed E-state index contributed by atoms with van der Waals surface area (Å²) >= 11 is 1.21. The minimum atomic E-state index is -4.45. The van der Waals surface area contributed by atoms with Crippen molar-refractivity contribution in [3.05, 3.63) is 98.9 Å². The van der Waals surface area contributed by atoms with Crippen LogP contribution in [0.4, 0.5) is 30.2 Å². The molecule has 0 unspecified atom stereocenters. The van der Waals surface area contributed by atoms with Crippen LogP contribution in [-0.2, 0) is 15.8 Å². The van der Waals surface area contributed by atoms with Crippen LogP contribution in [-0.4, -0.2) is 54.4 Å². The molecule has 0 aliphatic carbocycles. The second kappa shape index (κ2) is 11.0. The Hall–Kier alpha value is -4.32. The van der Waals surface area contributed by atoms with E-state index >= 15 is 0 Å². The van der Waals surface area contributed by atoms with Crippen LogP contribution >= 0.6 is 11.8 Å². The highest BCUT2D eigenvalue weighted by molar-refractivity contribution is 8.04. The van der Waals surface area contributed by atoms with Crippen molar-refractivity contribution in [2.45, 2.75) is 11.1 Å². The molecule has 3 aromatic carbocycles. The van der Waals surface area contributed by atoms with Crippen LogP contribution in [0, 0.1) is 10.1 Å². The van der Waals surface area contributed by atoms with Crippen molar-refractivity contribution in [3.8, 4) is 0 Å². The highest BCUT2D eigenvalue weighted by Gasteiger charge is 2.33. The lowest BCUT2D eigenvalue weighted by Crippen LogP contribution is -2.52. The van der Waals surface area contributed by atoms with Crippen LogP contribution in [0.25, 0.3) is 6.08 Å². The minimum Gasteiger partial charge on any atom is -0.368 e. The summed E-state index contributed by atoms with van der Waals surface area (Å²) in [6.07, 6.45) is -2.92. The maximum absolute atomic E-state index is 13.5. The molecule has 12 heteroatoms. The van der Waals surface area contributed by atoms with Crippen LogP contribution in [0.1, 0.15) is 11.1 Å². The summed E-state index contributed by atoms with van der Waals surface area (Å²) in [5.74, 6) is -0.631. The van der Waals surface area contributed by atoms with Crippen LogP contribution in [0.2, 0.25) is 0 Å². The summed E-state index contributed by atoms with van der Waals surface area (Å²) in [5, 5.41) is 10.9. The minimum absolute atomic E-state index is 0.00829. The first-order chi connectivity index (χ1) is 19.1. The molecule has 2 aliphatic rings. The van der Waals surface area contributed by atoms with Gasteiger partial charge in [-0.3, -0.25) is 24.6 Å². The number of hydrogen-bond donors (Lipinski definition) is 0. The van der Waals surface area contributed by atoms with Gasteiger partial charge in [-0.05, 0) is 48.0 Å². The molecule has 3 aromatic rings. The number of nitro groups is 1. The molecule has 206 valence electrons. The van der Waals surface area contributed by atoms with E-state index in [0.717, 1.165) is 22.7 Å². The molecule has 0 bridgehead atoms. The van der Waals surface area contributed by atoms with Crippen molar-refractivity contribution in [1.82, 2.24) is 4.90 Å². The fraction of sp³-hybridized carbons (Fsp3) is 0.214. The first-order valence-electron chi connectivity index (χ1n) is 12.3. The van der Waals surface area contributed by atoms with Gasteiger partial charge in [0.2, 0.25) is 5.91 Å². The number of nitro benzene ring substituents is 1. The molecule has 0 saturated carbocycles. The van der Waals surface area contributed by atoms with Gasteiger partial charge < -0.3 is 9.80 Å².